The average molecular weight is 184 g/mol. The zero-order chi connectivity index (χ0) is 9.90. The Labute approximate surface area is 82.5 Å². The van der Waals surface area contributed by atoms with Crippen molar-refractivity contribution < 1.29 is 0 Å². The second-order valence-electron chi connectivity index (χ2n) is 5.16. The topological polar surface area (TPSA) is 24.1 Å². The lowest BCUT2D eigenvalue weighted by molar-refractivity contribution is 0.373. The molecule has 1 fully saturated rings. The third-order valence-electron chi connectivity index (χ3n) is 2.78. The quantitative estimate of drug-likeness (QED) is 0.685. The highest BCUT2D eigenvalue weighted by Gasteiger charge is 2.23. The summed E-state index contributed by atoms with van der Waals surface area (Å²) in [6.07, 6.45) is 3.84. The van der Waals surface area contributed by atoms with Crippen LogP contribution in [-0.4, -0.2) is 24.2 Å². The van der Waals surface area contributed by atoms with Crippen LogP contribution in [0.15, 0.2) is 0 Å². The first kappa shape index (κ1) is 11.0. The van der Waals surface area contributed by atoms with Gasteiger partial charge in [-0.15, -0.1) is 0 Å². The van der Waals surface area contributed by atoms with Crippen molar-refractivity contribution in [2.75, 3.05) is 6.54 Å². The lowest BCUT2D eigenvalue weighted by atomic mass is 9.97. The van der Waals surface area contributed by atoms with E-state index in [0.29, 0.717) is 17.6 Å². The van der Waals surface area contributed by atoms with E-state index < -0.39 is 0 Å². The summed E-state index contributed by atoms with van der Waals surface area (Å²) < 4.78 is 0. The standard InChI is InChI=1S/C11H24N2/c1-9(2)13-10-5-7-11(3,4)12-8-6-10/h9-10,12-13H,5-8H2,1-4H3. The molecular formula is C11H24N2. The number of nitrogens with one attached hydrogen (secondary N) is 2. The maximum atomic E-state index is 3.62. The summed E-state index contributed by atoms with van der Waals surface area (Å²) in [5.74, 6) is 0. The molecule has 1 heterocycles. The number of hydrogen-bond donors (Lipinski definition) is 2. The van der Waals surface area contributed by atoms with Crippen molar-refractivity contribution >= 4 is 0 Å². The minimum absolute atomic E-state index is 0.341. The predicted molar refractivity (Wildman–Crippen MR) is 58.0 cm³/mol. The molecule has 1 atom stereocenters. The van der Waals surface area contributed by atoms with Gasteiger partial charge in [-0.1, -0.05) is 13.8 Å². The first-order chi connectivity index (χ1) is 5.99. The molecule has 0 aliphatic carbocycles. The van der Waals surface area contributed by atoms with Crippen molar-refractivity contribution in [2.24, 2.45) is 0 Å². The van der Waals surface area contributed by atoms with Crippen molar-refractivity contribution in [1.82, 2.24) is 10.6 Å². The second-order valence-corrected chi connectivity index (χ2v) is 5.16. The van der Waals surface area contributed by atoms with E-state index in [2.05, 4.69) is 38.3 Å². The molecular weight excluding hydrogens is 160 g/mol. The largest absolute Gasteiger partial charge is 0.312 e. The Morgan fingerprint density at radius 1 is 1.31 bits per heavy atom. The smallest absolute Gasteiger partial charge is 0.0125 e. The Kier molecular flexibility index (Phi) is 3.74. The van der Waals surface area contributed by atoms with Gasteiger partial charge in [-0.25, -0.2) is 0 Å². The molecule has 1 aliphatic heterocycles. The first-order valence-corrected chi connectivity index (χ1v) is 5.51. The van der Waals surface area contributed by atoms with Crippen LogP contribution in [-0.2, 0) is 0 Å². The van der Waals surface area contributed by atoms with Crippen LogP contribution in [0.5, 0.6) is 0 Å². The monoisotopic (exact) mass is 184 g/mol. The molecule has 0 bridgehead atoms. The molecule has 2 heteroatoms. The molecule has 13 heavy (non-hydrogen) atoms. The summed E-state index contributed by atoms with van der Waals surface area (Å²) in [4.78, 5) is 0. The van der Waals surface area contributed by atoms with Crippen molar-refractivity contribution in [3.8, 4) is 0 Å². The summed E-state index contributed by atoms with van der Waals surface area (Å²) in [6, 6.07) is 1.33. The molecule has 0 aromatic rings. The van der Waals surface area contributed by atoms with Gasteiger partial charge in [-0.3, -0.25) is 0 Å². The molecule has 1 aliphatic rings. The van der Waals surface area contributed by atoms with Gasteiger partial charge in [-0.2, -0.15) is 0 Å². The van der Waals surface area contributed by atoms with Gasteiger partial charge in [0, 0.05) is 17.6 Å². The van der Waals surface area contributed by atoms with Gasteiger partial charge in [-0.05, 0) is 39.7 Å². The second kappa shape index (κ2) is 4.43. The van der Waals surface area contributed by atoms with E-state index in [4.69, 9.17) is 0 Å². The van der Waals surface area contributed by atoms with E-state index in [1.54, 1.807) is 0 Å². The lowest BCUT2D eigenvalue weighted by Crippen LogP contribution is -2.38. The summed E-state index contributed by atoms with van der Waals surface area (Å²) in [7, 11) is 0. The number of hydrogen-bond acceptors (Lipinski definition) is 2. The third-order valence-corrected chi connectivity index (χ3v) is 2.78. The van der Waals surface area contributed by atoms with Gasteiger partial charge >= 0.3 is 0 Å². The fraction of sp³-hybridized carbons (Fsp3) is 1.00. The highest BCUT2D eigenvalue weighted by Crippen LogP contribution is 2.18. The van der Waals surface area contributed by atoms with Crippen molar-refractivity contribution in [3.05, 3.63) is 0 Å². The molecule has 0 radical (unpaired) electrons. The van der Waals surface area contributed by atoms with E-state index in [1.807, 2.05) is 0 Å². The van der Waals surface area contributed by atoms with Crippen LogP contribution in [0.4, 0.5) is 0 Å². The lowest BCUT2D eigenvalue weighted by Gasteiger charge is -2.23. The maximum Gasteiger partial charge on any atom is 0.0125 e. The Balaban J connectivity index is 2.36. The molecule has 0 amide bonds. The van der Waals surface area contributed by atoms with E-state index >= 15 is 0 Å². The van der Waals surface area contributed by atoms with Crippen LogP contribution in [0.25, 0.3) is 0 Å². The highest BCUT2D eigenvalue weighted by molar-refractivity contribution is 4.85. The van der Waals surface area contributed by atoms with E-state index in [1.165, 1.54) is 19.3 Å². The van der Waals surface area contributed by atoms with Crippen LogP contribution in [0.2, 0.25) is 0 Å². The zero-order valence-electron chi connectivity index (χ0n) is 9.48. The van der Waals surface area contributed by atoms with Gasteiger partial charge in [0.15, 0.2) is 0 Å². The van der Waals surface area contributed by atoms with Crippen LogP contribution in [0.1, 0.15) is 47.0 Å². The van der Waals surface area contributed by atoms with Crippen molar-refractivity contribution in [1.29, 1.82) is 0 Å². The molecule has 1 unspecified atom stereocenters. The minimum Gasteiger partial charge on any atom is -0.312 e. The normalized spacial score (nSPS) is 28.8. The Morgan fingerprint density at radius 3 is 2.62 bits per heavy atom. The van der Waals surface area contributed by atoms with Gasteiger partial charge in [0.25, 0.3) is 0 Å². The highest BCUT2D eigenvalue weighted by atomic mass is 15.0. The Hall–Kier alpha value is -0.0800. The van der Waals surface area contributed by atoms with Gasteiger partial charge in [0.2, 0.25) is 0 Å². The Bertz CT molecular complexity index is 152. The molecule has 0 aromatic carbocycles. The SMILES string of the molecule is CC(C)NC1CCNC(C)(C)CC1. The predicted octanol–water partition coefficient (Wildman–Crippen LogP) is 1.91. The molecule has 0 aromatic heterocycles. The van der Waals surface area contributed by atoms with Crippen LogP contribution in [0.3, 0.4) is 0 Å². The minimum atomic E-state index is 0.341. The maximum absolute atomic E-state index is 3.62. The molecule has 1 saturated heterocycles. The fourth-order valence-corrected chi connectivity index (χ4v) is 1.99. The van der Waals surface area contributed by atoms with E-state index in [0.717, 1.165) is 6.54 Å². The van der Waals surface area contributed by atoms with Gasteiger partial charge in [0.05, 0.1) is 0 Å². The molecule has 0 spiro atoms. The first-order valence-electron chi connectivity index (χ1n) is 5.51. The molecule has 78 valence electrons. The van der Waals surface area contributed by atoms with Crippen LogP contribution >= 0.6 is 0 Å². The number of rotatable bonds is 2. The van der Waals surface area contributed by atoms with Gasteiger partial charge < -0.3 is 10.6 Å². The summed E-state index contributed by atoms with van der Waals surface area (Å²) in [5.41, 5.74) is 0.341. The fourth-order valence-electron chi connectivity index (χ4n) is 1.99. The third kappa shape index (κ3) is 4.10. The average Bonchev–Trinajstić information content (AvgIpc) is 2.12. The molecule has 0 saturated carbocycles. The summed E-state index contributed by atoms with van der Waals surface area (Å²) in [5, 5.41) is 7.20. The van der Waals surface area contributed by atoms with Crippen LogP contribution in [0, 0.1) is 0 Å². The zero-order valence-corrected chi connectivity index (χ0v) is 9.48. The van der Waals surface area contributed by atoms with Gasteiger partial charge in [0.1, 0.15) is 0 Å². The Morgan fingerprint density at radius 2 is 2.00 bits per heavy atom. The molecule has 2 N–H and O–H groups in total. The van der Waals surface area contributed by atoms with Crippen molar-refractivity contribution in [2.45, 2.75) is 64.6 Å². The van der Waals surface area contributed by atoms with E-state index in [9.17, 15) is 0 Å². The summed E-state index contributed by atoms with van der Waals surface area (Å²) in [6.45, 7) is 10.2. The molecule has 2 nitrogen and oxygen atoms in total. The molecule has 1 rings (SSSR count). The van der Waals surface area contributed by atoms with E-state index in [-0.39, 0.29) is 0 Å². The van der Waals surface area contributed by atoms with Crippen LogP contribution < -0.4 is 10.6 Å². The van der Waals surface area contributed by atoms with Crippen molar-refractivity contribution in [3.63, 3.8) is 0 Å². The summed E-state index contributed by atoms with van der Waals surface area (Å²) >= 11 is 0.